The molecule has 0 spiro atoms. The molecule has 1 aliphatic heterocycles. The van der Waals surface area contributed by atoms with E-state index in [1.54, 1.807) is 6.20 Å². The first kappa shape index (κ1) is 16.0. The summed E-state index contributed by atoms with van der Waals surface area (Å²) < 4.78 is 7.12. The molecule has 2 heterocycles. The highest BCUT2D eigenvalue weighted by atomic mass is 16.6. The fourth-order valence-electron chi connectivity index (χ4n) is 3.54. The smallest absolute Gasteiger partial charge is 0.306 e. The first-order chi connectivity index (χ1) is 11.1. The molecule has 1 atom stereocenters. The van der Waals surface area contributed by atoms with Crippen LogP contribution in [0.15, 0.2) is 12.4 Å². The van der Waals surface area contributed by atoms with E-state index >= 15 is 0 Å². The number of nitrogens with zero attached hydrogens (tertiary/aromatic N) is 3. The van der Waals surface area contributed by atoms with Crippen LogP contribution in [0.5, 0.6) is 0 Å². The predicted molar refractivity (Wildman–Crippen MR) is 84.3 cm³/mol. The van der Waals surface area contributed by atoms with Crippen molar-refractivity contribution in [1.29, 1.82) is 0 Å². The van der Waals surface area contributed by atoms with Crippen molar-refractivity contribution < 1.29 is 14.3 Å². The molecule has 6 heteroatoms. The van der Waals surface area contributed by atoms with Crippen molar-refractivity contribution >= 4 is 11.9 Å². The third-order valence-corrected chi connectivity index (χ3v) is 4.93. The van der Waals surface area contributed by atoms with E-state index in [-0.39, 0.29) is 11.9 Å². The van der Waals surface area contributed by atoms with E-state index in [4.69, 9.17) is 4.74 Å². The summed E-state index contributed by atoms with van der Waals surface area (Å²) in [5, 5.41) is 0. The normalized spacial score (nSPS) is 22.1. The Kier molecular flexibility index (Phi) is 4.98. The summed E-state index contributed by atoms with van der Waals surface area (Å²) in [7, 11) is 1.93. The zero-order valence-corrected chi connectivity index (χ0v) is 13.7. The molecule has 2 aliphatic rings. The standard InChI is InChI=1S/C17H25N3O3/c1-19-10-9-18-15(19)12-20(11-13-5-3-2-4-6-13)17(22)14-7-8-16(21)23-14/h9-10,13-14H,2-8,11-12H2,1H3/t14-/m0/s1. The van der Waals surface area contributed by atoms with E-state index in [2.05, 4.69) is 4.98 Å². The lowest BCUT2D eigenvalue weighted by Gasteiger charge is -2.30. The van der Waals surface area contributed by atoms with Crippen molar-refractivity contribution in [2.24, 2.45) is 13.0 Å². The van der Waals surface area contributed by atoms with Crippen LogP contribution in [-0.4, -0.2) is 39.0 Å². The molecule has 0 N–H and O–H groups in total. The van der Waals surface area contributed by atoms with Crippen LogP contribution < -0.4 is 0 Å². The number of rotatable bonds is 5. The van der Waals surface area contributed by atoms with Crippen molar-refractivity contribution in [3.8, 4) is 0 Å². The molecule has 1 amide bonds. The van der Waals surface area contributed by atoms with Crippen LogP contribution in [0.3, 0.4) is 0 Å². The second-order valence-electron chi connectivity index (χ2n) is 6.69. The topological polar surface area (TPSA) is 64.4 Å². The number of aryl methyl sites for hydroxylation is 1. The fraction of sp³-hybridized carbons (Fsp3) is 0.706. The van der Waals surface area contributed by atoms with Gasteiger partial charge in [-0.3, -0.25) is 9.59 Å². The van der Waals surface area contributed by atoms with Crippen LogP contribution in [0.4, 0.5) is 0 Å². The average molecular weight is 319 g/mol. The van der Waals surface area contributed by atoms with Gasteiger partial charge in [0.25, 0.3) is 5.91 Å². The quantitative estimate of drug-likeness (QED) is 0.779. The zero-order chi connectivity index (χ0) is 16.2. The first-order valence-electron chi connectivity index (χ1n) is 8.58. The number of carbonyl (C=O) groups excluding carboxylic acids is 2. The number of ether oxygens (including phenoxy) is 1. The van der Waals surface area contributed by atoms with Gasteiger partial charge in [-0.05, 0) is 18.8 Å². The third kappa shape index (κ3) is 3.92. The third-order valence-electron chi connectivity index (χ3n) is 4.93. The van der Waals surface area contributed by atoms with Crippen molar-refractivity contribution in [2.75, 3.05) is 6.54 Å². The van der Waals surface area contributed by atoms with Gasteiger partial charge >= 0.3 is 5.97 Å². The molecular formula is C17H25N3O3. The molecule has 0 bridgehead atoms. The van der Waals surface area contributed by atoms with Crippen LogP contribution >= 0.6 is 0 Å². The van der Waals surface area contributed by atoms with Crippen LogP contribution in [0.25, 0.3) is 0 Å². The Hall–Kier alpha value is -1.85. The van der Waals surface area contributed by atoms with Crippen molar-refractivity contribution in [1.82, 2.24) is 14.5 Å². The van der Waals surface area contributed by atoms with Crippen molar-refractivity contribution in [3.05, 3.63) is 18.2 Å². The molecular weight excluding hydrogens is 294 g/mol. The fourth-order valence-corrected chi connectivity index (χ4v) is 3.54. The van der Waals surface area contributed by atoms with E-state index in [1.807, 2.05) is 22.7 Å². The summed E-state index contributed by atoms with van der Waals surface area (Å²) in [6.07, 6.45) is 10.00. The number of hydrogen-bond donors (Lipinski definition) is 0. The average Bonchev–Trinajstić information content (AvgIpc) is 3.16. The van der Waals surface area contributed by atoms with Crippen LogP contribution in [0.1, 0.15) is 50.8 Å². The van der Waals surface area contributed by atoms with Gasteiger partial charge in [0.05, 0.1) is 6.54 Å². The van der Waals surface area contributed by atoms with Gasteiger partial charge in [0.15, 0.2) is 6.10 Å². The maximum absolute atomic E-state index is 12.8. The van der Waals surface area contributed by atoms with Gasteiger partial charge in [-0.2, -0.15) is 0 Å². The van der Waals surface area contributed by atoms with Crippen LogP contribution in [0.2, 0.25) is 0 Å². The number of hydrogen-bond acceptors (Lipinski definition) is 4. The maximum Gasteiger partial charge on any atom is 0.306 e. The minimum absolute atomic E-state index is 0.0653. The Bertz CT molecular complexity index is 563. The minimum Gasteiger partial charge on any atom is -0.452 e. The summed E-state index contributed by atoms with van der Waals surface area (Å²) in [6, 6.07) is 0. The van der Waals surface area contributed by atoms with E-state index in [1.165, 1.54) is 32.1 Å². The minimum atomic E-state index is -0.605. The molecule has 3 rings (SSSR count). The molecule has 0 aromatic carbocycles. The Morgan fingerprint density at radius 3 is 2.74 bits per heavy atom. The summed E-state index contributed by atoms with van der Waals surface area (Å²) in [5.41, 5.74) is 0. The van der Waals surface area contributed by atoms with Gasteiger partial charge in [-0.25, -0.2) is 4.98 Å². The second-order valence-corrected chi connectivity index (χ2v) is 6.69. The van der Waals surface area contributed by atoms with E-state index in [0.717, 1.165) is 12.4 Å². The highest BCUT2D eigenvalue weighted by Crippen LogP contribution is 2.26. The predicted octanol–water partition coefficient (Wildman–Crippen LogP) is 2.03. The van der Waals surface area contributed by atoms with E-state index in [0.29, 0.717) is 25.3 Å². The SMILES string of the molecule is Cn1ccnc1CN(CC1CCCCC1)C(=O)[C@@H]1CCC(=O)O1. The van der Waals surface area contributed by atoms with E-state index in [9.17, 15) is 9.59 Å². The number of imidazole rings is 1. The van der Waals surface area contributed by atoms with Gasteiger partial charge in [0.1, 0.15) is 5.82 Å². The Morgan fingerprint density at radius 1 is 1.35 bits per heavy atom. The summed E-state index contributed by atoms with van der Waals surface area (Å²) in [6.45, 7) is 1.21. The Balaban J connectivity index is 1.70. The maximum atomic E-state index is 12.8. The largest absolute Gasteiger partial charge is 0.452 e. The monoisotopic (exact) mass is 319 g/mol. The number of amides is 1. The zero-order valence-electron chi connectivity index (χ0n) is 13.7. The molecule has 0 unspecified atom stereocenters. The lowest BCUT2D eigenvalue weighted by Crippen LogP contribution is -2.42. The van der Waals surface area contributed by atoms with Crippen LogP contribution in [-0.2, 0) is 27.9 Å². The molecule has 1 aromatic heterocycles. The molecule has 2 fully saturated rings. The lowest BCUT2D eigenvalue weighted by molar-refractivity contribution is -0.153. The highest BCUT2D eigenvalue weighted by molar-refractivity contribution is 5.86. The number of cyclic esters (lactones) is 1. The molecule has 23 heavy (non-hydrogen) atoms. The molecule has 6 nitrogen and oxygen atoms in total. The van der Waals surface area contributed by atoms with Crippen molar-refractivity contribution in [2.45, 2.75) is 57.6 Å². The van der Waals surface area contributed by atoms with E-state index < -0.39 is 6.10 Å². The molecule has 1 aromatic rings. The molecule has 1 saturated carbocycles. The van der Waals surface area contributed by atoms with Gasteiger partial charge in [-0.1, -0.05) is 19.3 Å². The number of esters is 1. The van der Waals surface area contributed by atoms with Gasteiger partial charge in [0, 0.05) is 38.8 Å². The summed E-state index contributed by atoms with van der Waals surface area (Å²) in [4.78, 5) is 30.3. The van der Waals surface area contributed by atoms with Gasteiger partial charge in [0.2, 0.25) is 0 Å². The summed E-state index contributed by atoms with van der Waals surface area (Å²) >= 11 is 0. The second kappa shape index (κ2) is 7.15. The first-order valence-corrected chi connectivity index (χ1v) is 8.58. The Labute approximate surface area is 136 Å². The molecule has 1 aliphatic carbocycles. The summed E-state index contributed by atoms with van der Waals surface area (Å²) in [5.74, 6) is 1.07. The highest BCUT2D eigenvalue weighted by Gasteiger charge is 2.34. The van der Waals surface area contributed by atoms with Gasteiger partial charge in [-0.15, -0.1) is 0 Å². The van der Waals surface area contributed by atoms with Gasteiger partial charge < -0.3 is 14.2 Å². The molecule has 1 saturated heterocycles. The molecule has 126 valence electrons. The molecule has 0 radical (unpaired) electrons. The van der Waals surface area contributed by atoms with Crippen molar-refractivity contribution in [3.63, 3.8) is 0 Å². The number of aromatic nitrogens is 2. The van der Waals surface area contributed by atoms with Crippen LogP contribution in [0, 0.1) is 5.92 Å². The lowest BCUT2D eigenvalue weighted by atomic mass is 9.89. The Morgan fingerprint density at radius 2 is 2.13 bits per heavy atom. The number of carbonyl (C=O) groups is 2.